The van der Waals surface area contributed by atoms with Gasteiger partial charge >= 0.3 is 0 Å². The van der Waals surface area contributed by atoms with E-state index in [1.165, 1.54) is 0 Å². The molecule has 0 aliphatic heterocycles. The largest absolute Gasteiger partial charge is 0.462 e. The van der Waals surface area contributed by atoms with Gasteiger partial charge in [0.15, 0.2) is 0 Å². The summed E-state index contributed by atoms with van der Waals surface area (Å²) in [6, 6.07) is 4.37. The Hall–Kier alpha value is -0.800. The Morgan fingerprint density at radius 1 is 1.27 bits per heavy atom. The number of aliphatic hydroxyl groups is 1. The summed E-state index contributed by atoms with van der Waals surface area (Å²) in [6.07, 6.45) is 2.31. The lowest BCUT2D eigenvalue weighted by Gasteiger charge is -2.24. The van der Waals surface area contributed by atoms with Gasteiger partial charge < -0.3 is 9.52 Å². The lowest BCUT2D eigenvalue weighted by Crippen LogP contribution is -2.29. The fourth-order valence-corrected chi connectivity index (χ4v) is 1.88. The smallest absolute Gasteiger partial charge is 0.129 e. The normalized spacial score (nSPS) is 11.6. The molecule has 0 aliphatic rings. The minimum absolute atomic E-state index is 0.0191. The minimum Gasteiger partial charge on any atom is -0.462 e. The second kappa shape index (κ2) is 5.93. The summed E-state index contributed by atoms with van der Waals surface area (Å²) in [5.41, 5.74) is 0. The van der Waals surface area contributed by atoms with Crippen LogP contribution in [0.5, 0.6) is 0 Å². The van der Waals surface area contributed by atoms with Crippen LogP contribution in [0.15, 0.2) is 16.5 Å². The van der Waals surface area contributed by atoms with Crippen molar-refractivity contribution >= 4 is 0 Å². The lowest BCUT2D eigenvalue weighted by atomic mass is 10.1. The van der Waals surface area contributed by atoms with Crippen LogP contribution in [0.2, 0.25) is 0 Å². The standard InChI is InChI=1S/C12H21NO2/c1-4-10(5-2)13(3)8-11-6-7-12(9-14)15-11/h6-7,10,14H,4-5,8-9H2,1-3H3. The summed E-state index contributed by atoms with van der Waals surface area (Å²) in [5, 5.41) is 8.88. The van der Waals surface area contributed by atoms with Gasteiger partial charge in [0, 0.05) is 6.04 Å². The van der Waals surface area contributed by atoms with E-state index in [0.29, 0.717) is 11.8 Å². The van der Waals surface area contributed by atoms with Gasteiger partial charge in [-0.15, -0.1) is 0 Å². The predicted octanol–water partition coefficient (Wildman–Crippen LogP) is 2.39. The Morgan fingerprint density at radius 3 is 2.33 bits per heavy atom. The zero-order chi connectivity index (χ0) is 11.3. The zero-order valence-electron chi connectivity index (χ0n) is 9.86. The molecule has 0 aromatic carbocycles. The van der Waals surface area contributed by atoms with Gasteiger partial charge in [-0.1, -0.05) is 13.8 Å². The number of aliphatic hydroxyl groups excluding tert-OH is 1. The molecule has 1 rings (SSSR count). The molecule has 15 heavy (non-hydrogen) atoms. The third-order valence-corrected chi connectivity index (χ3v) is 2.84. The van der Waals surface area contributed by atoms with Crippen molar-refractivity contribution < 1.29 is 9.52 Å². The molecule has 1 aromatic rings. The number of furan rings is 1. The van der Waals surface area contributed by atoms with Crippen LogP contribution < -0.4 is 0 Å². The molecule has 0 aliphatic carbocycles. The summed E-state index contributed by atoms with van der Waals surface area (Å²) >= 11 is 0. The van der Waals surface area contributed by atoms with Crippen molar-refractivity contribution in [1.29, 1.82) is 0 Å². The third-order valence-electron chi connectivity index (χ3n) is 2.84. The Morgan fingerprint density at radius 2 is 1.87 bits per heavy atom. The quantitative estimate of drug-likeness (QED) is 0.785. The van der Waals surface area contributed by atoms with Crippen molar-refractivity contribution in [3.8, 4) is 0 Å². The summed E-state index contributed by atoms with van der Waals surface area (Å²) < 4.78 is 5.45. The molecule has 3 nitrogen and oxygen atoms in total. The topological polar surface area (TPSA) is 36.6 Å². The number of rotatable bonds is 6. The molecular weight excluding hydrogens is 190 g/mol. The third kappa shape index (κ3) is 3.36. The average molecular weight is 211 g/mol. The predicted molar refractivity (Wildman–Crippen MR) is 60.5 cm³/mol. The summed E-state index contributed by atoms with van der Waals surface area (Å²) in [4.78, 5) is 2.29. The van der Waals surface area contributed by atoms with E-state index in [9.17, 15) is 0 Å². The van der Waals surface area contributed by atoms with Crippen LogP contribution in [0.1, 0.15) is 38.2 Å². The molecule has 1 heterocycles. The van der Waals surface area contributed by atoms with Crippen molar-refractivity contribution in [3.05, 3.63) is 23.7 Å². The summed E-state index contributed by atoms with van der Waals surface area (Å²) in [6.45, 7) is 5.19. The van der Waals surface area contributed by atoms with Gasteiger partial charge in [-0.3, -0.25) is 4.90 Å². The first kappa shape index (κ1) is 12.3. The van der Waals surface area contributed by atoms with E-state index in [1.807, 2.05) is 12.1 Å². The maximum atomic E-state index is 8.88. The van der Waals surface area contributed by atoms with Gasteiger partial charge in [0.05, 0.1) is 6.54 Å². The Kier molecular flexibility index (Phi) is 4.85. The van der Waals surface area contributed by atoms with Crippen LogP contribution in [-0.2, 0) is 13.2 Å². The molecule has 0 unspecified atom stereocenters. The molecule has 0 saturated carbocycles. The Labute approximate surface area is 91.7 Å². The highest BCUT2D eigenvalue weighted by Gasteiger charge is 2.12. The van der Waals surface area contributed by atoms with Crippen LogP contribution >= 0.6 is 0 Å². The van der Waals surface area contributed by atoms with Crippen molar-refractivity contribution in [2.24, 2.45) is 0 Å². The highest BCUT2D eigenvalue weighted by atomic mass is 16.4. The van der Waals surface area contributed by atoms with E-state index in [4.69, 9.17) is 9.52 Å². The first-order valence-electron chi connectivity index (χ1n) is 5.59. The van der Waals surface area contributed by atoms with E-state index in [0.717, 1.165) is 25.1 Å². The van der Waals surface area contributed by atoms with Gasteiger partial charge in [-0.2, -0.15) is 0 Å². The van der Waals surface area contributed by atoms with Gasteiger partial charge in [0.25, 0.3) is 0 Å². The molecule has 0 amide bonds. The number of hydrogen-bond acceptors (Lipinski definition) is 3. The van der Waals surface area contributed by atoms with E-state index in [1.54, 1.807) is 0 Å². The molecule has 3 heteroatoms. The Bertz CT molecular complexity index is 279. The van der Waals surface area contributed by atoms with E-state index in [2.05, 4.69) is 25.8 Å². The molecule has 0 radical (unpaired) electrons. The van der Waals surface area contributed by atoms with E-state index < -0.39 is 0 Å². The second-order valence-corrected chi connectivity index (χ2v) is 3.91. The lowest BCUT2D eigenvalue weighted by molar-refractivity contribution is 0.195. The molecule has 0 atom stereocenters. The van der Waals surface area contributed by atoms with Crippen LogP contribution in [0.4, 0.5) is 0 Å². The molecule has 1 N–H and O–H groups in total. The minimum atomic E-state index is -0.0191. The Balaban J connectivity index is 2.53. The molecule has 86 valence electrons. The highest BCUT2D eigenvalue weighted by Crippen LogP contribution is 2.13. The van der Waals surface area contributed by atoms with Crippen molar-refractivity contribution in [1.82, 2.24) is 4.90 Å². The van der Waals surface area contributed by atoms with Crippen molar-refractivity contribution in [3.63, 3.8) is 0 Å². The van der Waals surface area contributed by atoms with Crippen LogP contribution in [0.3, 0.4) is 0 Å². The summed E-state index contributed by atoms with van der Waals surface area (Å²) in [7, 11) is 2.11. The fourth-order valence-electron chi connectivity index (χ4n) is 1.88. The van der Waals surface area contributed by atoms with Crippen LogP contribution in [-0.4, -0.2) is 23.1 Å². The molecule has 1 aromatic heterocycles. The number of nitrogens with zero attached hydrogens (tertiary/aromatic N) is 1. The first-order chi connectivity index (χ1) is 7.21. The number of hydrogen-bond donors (Lipinski definition) is 1. The molecule has 0 bridgehead atoms. The van der Waals surface area contributed by atoms with Gasteiger partial charge in [-0.05, 0) is 32.0 Å². The maximum absolute atomic E-state index is 8.88. The second-order valence-electron chi connectivity index (χ2n) is 3.91. The van der Waals surface area contributed by atoms with E-state index in [-0.39, 0.29) is 6.61 Å². The fraction of sp³-hybridized carbons (Fsp3) is 0.667. The van der Waals surface area contributed by atoms with Gasteiger partial charge in [0.1, 0.15) is 18.1 Å². The average Bonchev–Trinajstić information content (AvgIpc) is 2.67. The van der Waals surface area contributed by atoms with Gasteiger partial charge in [0.2, 0.25) is 0 Å². The monoisotopic (exact) mass is 211 g/mol. The summed E-state index contributed by atoms with van der Waals surface area (Å²) in [5.74, 6) is 1.57. The highest BCUT2D eigenvalue weighted by molar-refractivity contribution is 5.06. The van der Waals surface area contributed by atoms with Gasteiger partial charge in [-0.25, -0.2) is 0 Å². The van der Waals surface area contributed by atoms with Crippen LogP contribution in [0.25, 0.3) is 0 Å². The molecular formula is C12H21NO2. The maximum Gasteiger partial charge on any atom is 0.129 e. The first-order valence-corrected chi connectivity index (χ1v) is 5.59. The SMILES string of the molecule is CCC(CC)N(C)Cc1ccc(CO)o1. The van der Waals surface area contributed by atoms with E-state index >= 15 is 0 Å². The van der Waals surface area contributed by atoms with Crippen LogP contribution in [0, 0.1) is 0 Å². The molecule has 0 spiro atoms. The molecule has 0 saturated heterocycles. The zero-order valence-corrected chi connectivity index (χ0v) is 9.86. The molecule has 0 fully saturated rings. The van der Waals surface area contributed by atoms with Crippen molar-refractivity contribution in [2.75, 3.05) is 7.05 Å². The van der Waals surface area contributed by atoms with Crippen molar-refractivity contribution in [2.45, 2.75) is 45.9 Å².